The Morgan fingerprint density at radius 3 is 3.25 bits per heavy atom. The Bertz CT molecular complexity index is 375. The molecule has 2 heterocycles. The lowest BCUT2D eigenvalue weighted by molar-refractivity contribution is 0.0693. The van der Waals surface area contributed by atoms with E-state index in [1.807, 2.05) is 0 Å². The molecule has 16 heavy (non-hydrogen) atoms. The van der Waals surface area contributed by atoms with Crippen LogP contribution in [0.4, 0.5) is 0 Å². The highest BCUT2D eigenvalue weighted by Crippen LogP contribution is 2.21. The van der Waals surface area contributed by atoms with Gasteiger partial charge in [-0.3, -0.25) is 0 Å². The highest BCUT2D eigenvalue weighted by atomic mass is 16.5. The number of piperidine rings is 1. The minimum atomic E-state index is -0.958. The summed E-state index contributed by atoms with van der Waals surface area (Å²) in [6, 6.07) is 0. The first-order valence-electron chi connectivity index (χ1n) is 5.52. The van der Waals surface area contributed by atoms with Gasteiger partial charge < -0.3 is 14.5 Å². The second-order valence-corrected chi connectivity index (χ2v) is 4.44. The highest BCUT2D eigenvalue weighted by Gasteiger charge is 2.22. The Kier molecular flexibility index (Phi) is 3.24. The predicted octanol–water partition coefficient (Wildman–Crippen LogP) is 1.26. The number of carbonyl (C=O) groups is 1. The molecule has 5 heteroatoms. The van der Waals surface area contributed by atoms with E-state index in [-0.39, 0.29) is 5.56 Å². The van der Waals surface area contributed by atoms with Gasteiger partial charge in [-0.15, -0.1) is 0 Å². The summed E-state index contributed by atoms with van der Waals surface area (Å²) in [5, 5.41) is 12.5. The second-order valence-electron chi connectivity index (χ2n) is 4.44. The molecule has 1 aliphatic rings. The first-order valence-corrected chi connectivity index (χ1v) is 5.52. The normalized spacial score (nSPS) is 22.2. The maximum absolute atomic E-state index is 10.9. The molecule has 0 saturated carbocycles. The van der Waals surface area contributed by atoms with Gasteiger partial charge in [0, 0.05) is 13.0 Å². The van der Waals surface area contributed by atoms with Crippen molar-refractivity contribution in [2.45, 2.75) is 19.3 Å². The quantitative estimate of drug-likeness (QED) is 0.837. The zero-order chi connectivity index (χ0) is 11.5. The first kappa shape index (κ1) is 11.1. The van der Waals surface area contributed by atoms with Crippen LogP contribution < -0.4 is 0 Å². The molecule has 0 bridgehead atoms. The lowest BCUT2D eigenvalue weighted by Crippen LogP contribution is -2.33. The van der Waals surface area contributed by atoms with Crippen LogP contribution in [0.1, 0.15) is 29.0 Å². The van der Waals surface area contributed by atoms with E-state index in [2.05, 4.69) is 17.1 Å². The zero-order valence-electron chi connectivity index (χ0n) is 9.35. The Balaban J connectivity index is 2.02. The summed E-state index contributed by atoms with van der Waals surface area (Å²) < 4.78 is 5.01. The molecule has 1 aliphatic heterocycles. The number of nitrogens with zero attached hydrogens (tertiary/aromatic N) is 2. The third-order valence-electron chi connectivity index (χ3n) is 3.07. The number of rotatable bonds is 3. The lowest BCUT2D eigenvalue weighted by Gasteiger charge is -2.28. The number of carboxylic acids is 1. The molecule has 1 aromatic heterocycles. The van der Waals surface area contributed by atoms with E-state index in [1.54, 1.807) is 0 Å². The molecule has 5 nitrogen and oxygen atoms in total. The molecular formula is C11H16N2O3. The summed E-state index contributed by atoms with van der Waals surface area (Å²) in [6.07, 6.45) is 4.25. The van der Waals surface area contributed by atoms with Crippen LogP contribution in [0.15, 0.2) is 10.7 Å². The van der Waals surface area contributed by atoms with Crippen molar-refractivity contribution in [3.8, 4) is 0 Å². The fourth-order valence-corrected chi connectivity index (χ4v) is 2.29. The molecule has 1 fully saturated rings. The van der Waals surface area contributed by atoms with Gasteiger partial charge in [0.1, 0.15) is 5.56 Å². The summed E-state index contributed by atoms with van der Waals surface area (Å²) in [5.41, 5.74) is 0.202. The first-order chi connectivity index (χ1) is 7.66. The Labute approximate surface area is 94.0 Å². The summed E-state index contributed by atoms with van der Waals surface area (Å²) >= 11 is 0. The average molecular weight is 224 g/mol. The Morgan fingerprint density at radius 2 is 2.56 bits per heavy atom. The topological polar surface area (TPSA) is 66.6 Å². The molecule has 0 aromatic carbocycles. The molecule has 0 spiro atoms. The van der Waals surface area contributed by atoms with Crippen LogP contribution >= 0.6 is 0 Å². The zero-order valence-corrected chi connectivity index (χ0v) is 9.35. The molecule has 0 aliphatic carbocycles. The molecule has 1 aromatic rings. The van der Waals surface area contributed by atoms with Gasteiger partial charge in [-0.25, -0.2) is 4.79 Å². The SMILES string of the molecule is CN1CCCC(Cc2oncc2C(=O)O)C1. The monoisotopic (exact) mass is 224 g/mol. The van der Waals surface area contributed by atoms with Gasteiger partial charge in [0.2, 0.25) is 0 Å². The third kappa shape index (κ3) is 2.41. The van der Waals surface area contributed by atoms with E-state index in [0.29, 0.717) is 18.1 Å². The molecule has 1 saturated heterocycles. The third-order valence-corrected chi connectivity index (χ3v) is 3.07. The van der Waals surface area contributed by atoms with Crippen LogP contribution in [0.5, 0.6) is 0 Å². The van der Waals surface area contributed by atoms with Gasteiger partial charge in [0.25, 0.3) is 0 Å². The van der Waals surface area contributed by atoms with Gasteiger partial charge in [-0.05, 0) is 32.4 Å². The van der Waals surface area contributed by atoms with Crippen molar-refractivity contribution in [1.82, 2.24) is 10.1 Å². The maximum atomic E-state index is 10.9. The number of likely N-dealkylation sites (tertiary alicyclic amines) is 1. The van der Waals surface area contributed by atoms with Gasteiger partial charge in [0.15, 0.2) is 5.76 Å². The largest absolute Gasteiger partial charge is 0.478 e. The molecule has 1 unspecified atom stereocenters. The van der Waals surface area contributed by atoms with E-state index in [0.717, 1.165) is 25.9 Å². The van der Waals surface area contributed by atoms with Crippen molar-refractivity contribution < 1.29 is 14.4 Å². The van der Waals surface area contributed by atoms with Crippen molar-refractivity contribution in [2.75, 3.05) is 20.1 Å². The van der Waals surface area contributed by atoms with Gasteiger partial charge >= 0.3 is 5.97 Å². The van der Waals surface area contributed by atoms with E-state index in [4.69, 9.17) is 9.63 Å². The van der Waals surface area contributed by atoms with Crippen LogP contribution in [-0.2, 0) is 6.42 Å². The van der Waals surface area contributed by atoms with Crippen molar-refractivity contribution in [2.24, 2.45) is 5.92 Å². The van der Waals surface area contributed by atoms with Crippen LogP contribution in [-0.4, -0.2) is 41.3 Å². The summed E-state index contributed by atoms with van der Waals surface area (Å²) in [7, 11) is 2.09. The van der Waals surface area contributed by atoms with Gasteiger partial charge in [0.05, 0.1) is 6.20 Å². The standard InChI is InChI=1S/C11H16N2O3/c1-13-4-2-3-8(7-13)5-10-9(11(14)15)6-12-16-10/h6,8H,2-5,7H2,1H3,(H,14,15). The molecule has 1 atom stereocenters. The smallest absolute Gasteiger partial charge is 0.340 e. The van der Waals surface area contributed by atoms with E-state index < -0.39 is 5.97 Å². The molecule has 1 N–H and O–H groups in total. The summed E-state index contributed by atoms with van der Waals surface area (Å²) in [4.78, 5) is 13.1. The van der Waals surface area contributed by atoms with Crippen LogP contribution in [0.3, 0.4) is 0 Å². The molecular weight excluding hydrogens is 208 g/mol. The molecule has 2 rings (SSSR count). The lowest BCUT2D eigenvalue weighted by atomic mass is 9.93. The van der Waals surface area contributed by atoms with Crippen molar-refractivity contribution in [3.05, 3.63) is 17.5 Å². The fraction of sp³-hybridized carbons (Fsp3) is 0.636. The van der Waals surface area contributed by atoms with Crippen molar-refractivity contribution in [3.63, 3.8) is 0 Å². The summed E-state index contributed by atoms with van der Waals surface area (Å²) in [5.74, 6) is 0.0259. The molecule has 0 radical (unpaired) electrons. The minimum absolute atomic E-state index is 0.202. The van der Waals surface area contributed by atoms with E-state index >= 15 is 0 Å². The Hall–Kier alpha value is -1.36. The predicted molar refractivity (Wildman–Crippen MR) is 57.4 cm³/mol. The van der Waals surface area contributed by atoms with Gasteiger partial charge in [-0.2, -0.15) is 0 Å². The molecule has 0 amide bonds. The maximum Gasteiger partial charge on any atom is 0.340 e. The number of aromatic carboxylic acids is 1. The number of carboxylic acid groups (broad SMARTS) is 1. The summed E-state index contributed by atoms with van der Waals surface area (Å²) in [6.45, 7) is 2.12. The number of hydrogen-bond donors (Lipinski definition) is 1. The highest BCUT2D eigenvalue weighted by molar-refractivity contribution is 5.88. The number of hydrogen-bond acceptors (Lipinski definition) is 4. The number of aromatic nitrogens is 1. The van der Waals surface area contributed by atoms with E-state index in [1.165, 1.54) is 6.20 Å². The average Bonchev–Trinajstić information content (AvgIpc) is 2.66. The molecule has 88 valence electrons. The minimum Gasteiger partial charge on any atom is -0.478 e. The van der Waals surface area contributed by atoms with Crippen molar-refractivity contribution in [1.29, 1.82) is 0 Å². The van der Waals surface area contributed by atoms with E-state index in [9.17, 15) is 4.79 Å². The van der Waals surface area contributed by atoms with Gasteiger partial charge in [-0.1, -0.05) is 5.16 Å². The van der Waals surface area contributed by atoms with Crippen LogP contribution in [0.2, 0.25) is 0 Å². The fourth-order valence-electron chi connectivity index (χ4n) is 2.29. The Morgan fingerprint density at radius 1 is 1.75 bits per heavy atom. The van der Waals surface area contributed by atoms with Crippen LogP contribution in [0, 0.1) is 5.92 Å². The van der Waals surface area contributed by atoms with Crippen molar-refractivity contribution >= 4 is 5.97 Å². The second kappa shape index (κ2) is 4.65. The van der Waals surface area contributed by atoms with Crippen LogP contribution in [0.25, 0.3) is 0 Å².